The molecular formula is C25H23N3O5S. The summed E-state index contributed by atoms with van der Waals surface area (Å²) in [6.07, 6.45) is 0. The molecule has 1 amide bonds. The molecule has 1 saturated heterocycles. The molecule has 8 nitrogen and oxygen atoms in total. The van der Waals surface area contributed by atoms with Crippen LogP contribution in [0.4, 0.5) is 0 Å². The van der Waals surface area contributed by atoms with Crippen LogP contribution in [0.5, 0.6) is 0 Å². The van der Waals surface area contributed by atoms with E-state index in [4.69, 9.17) is 4.74 Å². The third-order valence-corrected chi connectivity index (χ3v) is 7.17. The number of nitrogens with one attached hydrogen (secondary N) is 1. The first-order chi connectivity index (χ1) is 16.5. The van der Waals surface area contributed by atoms with Crippen LogP contribution in [0.1, 0.15) is 26.3 Å². The van der Waals surface area contributed by atoms with Gasteiger partial charge in [0.15, 0.2) is 0 Å². The van der Waals surface area contributed by atoms with Crippen molar-refractivity contribution in [3.63, 3.8) is 0 Å². The van der Waals surface area contributed by atoms with Gasteiger partial charge in [0.05, 0.1) is 18.1 Å². The van der Waals surface area contributed by atoms with Gasteiger partial charge in [0.2, 0.25) is 15.8 Å². The Kier molecular flexibility index (Phi) is 7.27. The van der Waals surface area contributed by atoms with Crippen LogP contribution in [0.15, 0.2) is 94.9 Å². The molecule has 1 heterocycles. The average Bonchev–Trinajstić information content (AvgIpc) is 2.90. The summed E-state index contributed by atoms with van der Waals surface area (Å²) in [6.45, 7) is 1.16. The first-order valence-corrected chi connectivity index (χ1v) is 12.1. The van der Waals surface area contributed by atoms with Crippen LogP contribution in [0.3, 0.4) is 0 Å². The molecule has 1 N–H and O–H groups in total. The monoisotopic (exact) mass is 477 g/mol. The number of morpholine rings is 1. The molecule has 9 heteroatoms. The van der Waals surface area contributed by atoms with Gasteiger partial charge in [0.25, 0.3) is 5.91 Å². The molecule has 174 valence electrons. The minimum absolute atomic E-state index is 0.00896. The summed E-state index contributed by atoms with van der Waals surface area (Å²) >= 11 is 0. The maximum absolute atomic E-state index is 13.1. The van der Waals surface area contributed by atoms with Crippen molar-refractivity contribution in [3.8, 4) is 0 Å². The van der Waals surface area contributed by atoms with Gasteiger partial charge in [-0.25, -0.2) is 13.8 Å². The van der Waals surface area contributed by atoms with Gasteiger partial charge in [0.1, 0.15) is 5.71 Å². The van der Waals surface area contributed by atoms with E-state index in [9.17, 15) is 18.0 Å². The number of carbonyl (C=O) groups excluding carboxylic acids is 2. The standard InChI is InChI=1S/C25H23N3O5S/c29-24(20-10-5-2-6-11-20)23(19-8-3-1-4-9-19)26-27-25(30)21-12-7-13-22(18-21)34(31,32)28-14-16-33-17-15-28/h1-13,18H,14-17H2,(H,27,30)/b26-23+. The SMILES string of the molecule is O=C(N/N=C(/C(=O)c1ccccc1)c1ccccc1)c1cccc(S(=O)(=O)N2CCOCC2)c1. The van der Waals surface area contributed by atoms with Gasteiger partial charge in [-0.05, 0) is 18.2 Å². The number of ether oxygens (including phenoxy) is 1. The highest BCUT2D eigenvalue weighted by Gasteiger charge is 2.27. The van der Waals surface area contributed by atoms with Gasteiger partial charge in [-0.2, -0.15) is 9.41 Å². The first kappa shape index (κ1) is 23.5. The molecule has 1 fully saturated rings. The Morgan fingerprint density at radius 3 is 2.03 bits per heavy atom. The molecular weight excluding hydrogens is 454 g/mol. The predicted octanol–water partition coefficient (Wildman–Crippen LogP) is 2.72. The van der Waals surface area contributed by atoms with E-state index in [1.54, 1.807) is 54.6 Å². The highest BCUT2D eigenvalue weighted by molar-refractivity contribution is 7.89. The molecule has 34 heavy (non-hydrogen) atoms. The van der Waals surface area contributed by atoms with E-state index in [0.717, 1.165) is 0 Å². The lowest BCUT2D eigenvalue weighted by Crippen LogP contribution is -2.40. The van der Waals surface area contributed by atoms with Gasteiger partial charge >= 0.3 is 0 Å². The highest BCUT2D eigenvalue weighted by atomic mass is 32.2. The van der Waals surface area contributed by atoms with Crippen LogP contribution in [-0.2, 0) is 14.8 Å². The Labute approximate surface area is 197 Å². The van der Waals surface area contributed by atoms with E-state index in [2.05, 4.69) is 10.5 Å². The minimum Gasteiger partial charge on any atom is -0.379 e. The summed E-state index contributed by atoms with van der Waals surface area (Å²) in [5.41, 5.74) is 3.55. The lowest BCUT2D eigenvalue weighted by atomic mass is 10.0. The lowest BCUT2D eigenvalue weighted by molar-refractivity contribution is 0.0730. The van der Waals surface area contributed by atoms with Crippen molar-refractivity contribution in [1.29, 1.82) is 0 Å². The molecule has 0 atom stereocenters. The zero-order chi connectivity index (χ0) is 24.0. The van der Waals surface area contributed by atoms with Crippen molar-refractivity contribution >= 4 is 27.4 Å². The molecule has 0 unspecified atom stereocenters. The lowest BCUT2D eigenvalue weighted by Gasteiger charge is -2.26. The number of carbonyl (C=O) groups is 2. The van der Waals surface area contributed by atoms with Crippen LogP contribution >= 0.6 is 0 Å². The third kappa shape index (κ3) is 5.28. The van der Waals surface area contributed by atoms with Crippen molar-refractivity contribution < 1.29 is 22.7 Å². The first-order valence-electron chi connectivity index (χ1n) is 10.7. The number of ketones is 1. The Bertz CT molecular complexity index is 1300. The van der Waals surface area contributed by atoms with E-state index in [1.807, 2.05) is 6.07 Å². The van der Waals surface area contributed by atoms with Crippen molar-refractivity contribution in [2.24, 2.45) is 5.10 Å². The fraction of sp³-hybridized carbons (Fsp3) is 0.160. The van der Waals surface area contributed by atoms with Gasteiger partial charge in [-0.1, -0.05) is 66.7 Å². The number of rotatable bonds is 7. The zero-order valence-corrected chi connectivity index (χ0v) is 19.1. The molecule has 1 aliphatic heterocycles. The van der Waals surface area contributed by atoms with Gasteiger partial charge in [-0.3, -0.25) is 9.59 Å². The van der Waals surface area contributed by atoms with Gasteiger partial charge in [-0.15, -0.1) is 0 Å². The molecule has 0 aliphatic carbocycles. The number of hydrogen-bond acceptors (Lipinski definition) is 6. The predicted molar refractivity (Wildman–Crippen MR) is 127 cm³/mol. The second-order valence-electron chi connectivity index (χ2n) is 7.51. The molecule has 4 rings (SSSR count). The topological polar surface area (TPSA) is 105 Å². The molecule has 0 radical (unpaired) electrons. The molecule has 3 aromatic rings. The van der Waals surface area contributed by atoms with Crippen molar-refractivity contribution in [3.05, 3.63) is 102 Å². The summed E-state index contributed by atoms with van der Waals surface area (Å²) < 4.78 is 32.4. The van der Waals surface area contributed by atoms with Crippen LogP contribution in [0, 0.1) is 0 Å². The number of amides is 1. The summed E-state index contributed by atoms with van der Waals surface area (Å²) in [5, 5.41) is 4.12. The minimum atomic E-state index is -3.76. The second kappa shape index (κ2) is 10.5. The Hall–Kier alpha value is -3.66. The summed E-state index contributed by atoms with van der Waals surface area (Å²) in [5.74, 6) is -0.982. The maximum atomic E-state index is 13.1. The Morgan fingerprint density at radius 1 is 0.794 bits per heavy atom. The number of benzene rings is 3. The molecule has 0 spiro atoms. The number of sulfonamides is 1. The van der Waals surface area contributed by atoms with Gasteiger partial charge < -0.3 is 4.74 Å². The van der Waals surface area contributed by atoms with Crippen LogP contribution < -0.4 is 5.43 Å². The summed E-state index contributed by atoms with van der Waals surface area (Å²) in [4.78, 5) is 25.9. The zero-order valence-electron chi connectivity index (χ0n) is 18.3. The van der Waals surface area contributed by atoms with Crippen molar-refractivity contribution in [2.45, 2.75) is 4.90 Å². The quantitative estimate of drug-likeness (QED) is 0.320. The second-order valence-corrected chi connectivity index (χ2v) is 9.44. The van der Waals surface area contributed by atoms with E-state index in [-0.39, 0.29) is 35.0 Å². The fourth-order valence-electron chi connectivity index (χ4n) is 3.47. The molecule has 0 aromatic heterocycles. The molecule has 3 aromatic carbocycles. The smallest absolute Gasteiger partial charge is 0.271 e. The van der Waals surface area contributed by atoms with E-state index < -0.39 is 15.9 Å². The van der Waals surface area contributed by atoms with E-state index in [0.29, 0.717) is 24.3 Å². The molecule has 0 bridgehead atoms. The fourth-order valence-corrected chi connectivity index (χ4v) is 4.93. The van der Waals surface area contributed by atoms with Crippen LogP contribution in [0.2, 0.25) is 0 Å². The highest BCUT2D eigenvalue weighted by Crippen LogP contribution is 2.18. The number of hydrogen-bond donors (Lipinski definition) is 1. The van der Waals surface area contributed by atoms with Crippen LogP contribution in [0.25, 0.3) is 0 Å². The normalized spacial score (nSPS) is 15.0. The molecule has 1 aliphatic rings. The summed E-state index contributed by atoms with van der Waals surface area (Å²) in [7, 11) is -3.76. The largest absolute Gasteiger partial charge is 0.379 e. The van der Waals surface area contributed by atoms with Gasteiger partial charge in [0, 0.05) is 29.8 Å². The average molecular weight is 478 g/mol. The third-order valence-electron chi connectivity index (χ3n) is 5.27. The van der Waals surface area contributed by atoms with Crippen molar-refractivity contribution in [2.75, 3.05) is 26.3 Å². The van der Waals surface area contributed by atoms with E-state index >= 15 is 0 Å². The Morgan fingerprint density at radius 2 is 1.38 bits per heavy atom. The van der Waals surface area contributed by atoms with Crippen molar-refractivity contribution in [1.82, 2.24) is 9.73 Å². The van der Waals surface area contributed by atoms with E-state index in [1.165, 1.54) is 28.6 Å². The maximum Gasteiger partial charge on any atom is 0.271 e. The van der Waals surface area contributed by atoms with Crippen LogP contribution in [-0.4, -0.2) is 56.4 Å². The summed E-state index contributed by atoms with van der Waals surface area (Å²) in [6, 6.07) is 23.2. The Balaban J connectivity index is 1.60. The molecule has 0 saturated carbocycles. The number of nitrogens with zero attached hydrogens (tertiary/aromatic N) is 2. The number of hydrazone groups is 1. The number of Topliss-reactive ketones (excluding diaryl/α,β-unsaturated/α-hetero) is 1.